The minimum absolute atomic E-state index is 0. The zero-order valence-corrected chi connectivity index (χ0v) is 10.6. The predicted molar refractivity (Wildman–Crippen MR) is 27.7 cm³/mol. The normalized spacial score (nSPS) is 5.14. The molecule has 9 nitrogen and oxygen atoms in total. The van der Waals surface area contributed by atoms with Crippen LogP contribution < -0.4 is 30.6 Å². The molecule has 0 amide bonds. The molecule has 0 radical (unpaired) electrons. The Hall–Kier alpha value is -0.625. The standard InChI is InChI=1S/3CH2O3.Mg.Sn/c3*2-1(3)4;;/h3*(H2,2,3,4);;/q;;;+2;+4/p-6. The van der Waals surface area contributed by atoms with Crippen LogP contribution in [0.25, 0.3) is 0 Å². The van der Waals surface area contributed by atoms with E-state index in [1.165, 1.54) is 0 Å². The average Bonchev–Trinajstić information content (AvgIpc) is 1.54. The van der Waals surface area contributed by atoms with Gasteiger partial charge in [-0.05, 0) is 18.5 Å². The zero-order valence-electron chi connectivity index (χ0n) is 6.38. The summed E-state index contributed by atoms with van der Waals surface area (Å²) in [5.41, 5.74) is 0. The Balaban J connectivity index is -0.0000000270. The second-order valence-electron chi connectivity index (χ2n) is 0.750. The Labute approximate surface area is 110 Å². The van der Waals surface area contributed by atoms with E-state index in [-0.39, 0.29) is 47.0 Å². The molecule has 0 rings (SSSR count). The third kappa shape index (κ3) is 3130. The molecule has 0 aromatic carbocycles. The fourth-order valence-corrected chi connectivity index (χ4v) is 0. The number of carbonyl (C=O) groups is 3. The SMILES string of the molecule is O=C([O-])[O-].O=C([O-])[O-].O=C([O-])[O-].[Mg+2].[Sn+4]. The second kappa shape index (κ2) is 22.8. The summed E-state index contributed by atoms with van der Waals surface area (Å²) in [5, 5.41) is 50.0. The summed E-state index contributed by atoms with van der Waals surface area (Å²) in [5.74, 6) is 0. The van der Waals surface area contributed by atoms with Gasteiger partial charge in [0.15, 0.2) is 0 Å². The summed E-state index contributed by atoms with van der Waals surface area (Å²) in [7, 11) is 0. The average molecular weight is 323 g/mol. The van der Waals surface area contributed by atoms with Crippen LogP contribution in [0.2, 0.25) is 0 Å². The zero-order chi connectivity index (χ0) is 10.7. The summed E-state index contributed by atoms with van der Waals surface area (Å²) in [4.78, 5) is 25.0. The van der Waals surface area contributed by atoms with Gasteiger partial charge in [0.25, 0.3) is 0 Å². The molecule has 0 aliphatic rings. The van der Waals surface area contributed by atoms with Gasteiger partial charge in [-0.1, -0.05) is 0 Å². The van der Waals surface area contributed by atoms with Crippen LogP contribution in [0.4, 0.5) is 14.4 Å². The van der Waals surface area contributed by atoms with Crippen molar-refractivity contribution in [3.8, 4) is 0 Å². The van der Waals surface area contributed by atoms with Crippen molar-refractivity contribution in [2.24, 2.45) is 0 Å². The van der Waals surface area contributed by atoms with Crippen molar-refractivity contribution < 1.29 is 45.0 Å². The molecule has 0 heterocycles. The Morgan fingerprint density at radius 1 is 0.571 bits per heavy atom. The number of carboxylic acid groups (broad SMARTS) is 6. The largest absolute Gasteiger partial charge is 4.00 e. The molecule has 0 aliphatic heterocycles. The van der Waals surface area contributed by atoms with E-state index in [1.807, 2.05) is 0 Å². The van der Waals surface area contributed by atoms with Gasteiger partial charge in [-0.25, -0.2) is 0 Å². The van der Waals surface area contributed by atoms with E-state index in [4.69, 9.17) is 45.0 Å². The maximum atomic E-state index is 8.33. The van der Waals surface area contributed by atoms with Gasteiger partial charge in [0.05, 0.1) is 0 Å². The fourth-order valence-electron chi connectivity index (χ4n) is 0. The number of carbonyl (C=O) groups excluding carboxylic acids is 3. The van der Waals surface area contributed by atoms with Crippen LogP contribution in [-0.2, 0) is 0 Å². The van der Waals surface area contributed by atoms with Crippen molar-refractivity contribution in [1.29, 1.82) is 0 Å². The molecule has 14 heavy (non-hydrogen) atoms. The summed E-state index contributed by atoms with van der Waals surface area (Å²) < 4.78 is 0. The first kappa shape index (κ1) is 29.2. The van der Waals surface area contributed by atoms with Crippen molar-refractivity contribution in [3.05, 3.63) is 0 Å². The van der Waals surface area contributed by atoms with E-state index in [1.54, 1.807) is 0 Å². The van der Waals surface area contributed by atoms with Gasteiger partial charge in [-0.15, -0.1) is 0 Å². The van der Waals surface area contributed by atoms with E-state index >= 15 is 0 Å². The third-order valence-corrected chi connectivity index (χ3v) is 0. The van der Waals surface area contributed by atoms with Gasteiger partial charge in [-0.2, -0.15) is 0 Å². The molecule has 0 atom stereocenters. The third-order valence-electron chi connectivity index (χ3n) is 0. The molecule has 11 heteroatoms. The molecular weight excluding hydrogens is 323 g/mol. The van der Waals surface area contributed by atoms with E-state index in [2.05, 4.69) is 0 Å². The molecule has 0 aliphatic carbocycles. The van der Waals surface area contributed by atoms with Gasteiger partial charge >= 0.3 is 47.0 Å². The van der Waals surface area contributed by atoms with E-state index in [9.17, 15) is 0 Å². The number of rotatable bonds is 0. The van der Waals surface area contributed by atoms with Gasteiger partial charge in [0.2, 0.25) is 0 Å². The Kier molecular flexibility index (Phi) is 47.6. The number of hydrogen-bond donors (Lipinski definition) is 0. The van der Waals surface area contributed by atoms with Crippen LogP contribution in [0.15, 0.2) is 0 Å². The molecule has 0 saturated carbocycles. The number of hydrogen-bond acceptors (Lipinski definition) is 9. The molecule has 0 saturated heterocycles. The molecule has 0 spiro atoms. The molecule has 0 fully saturated rings. The Morgan fingerprint density at radius 2 is 0.571 bits per heavy atom. The summed E-state index contributed by atoms with van der Waals surface area (Å²) in [6.45, 7) is 0. The van der Waals surface area contributed by atoms with Gasteiger partial charge in [0, 0.05) is 0 Å². The van der Waals surface area contributed by atoms with Crippen LogP contribution in [0, 0.1) is 0 Å². The van der Waals surface area contributed by atoms with Crippen molar-refractivity contribution in [3.63, 3.8) is 0 Å². The topological polar surface area (TPSA) is 190 Å². The smallest absolute Gasteiger partial charge is 0.652 e. The molecule has 72 valence electrons. The molecular formula is C3MgO9Sn. The van der Waals surface area contributed by atoms with Crippen molar-refractivity contribution in [2.45, 2.75) is 0 Å². The first-order valence-electron chi connectivity index (χ1n) is 1.84. The molecule has 0 bridgehead atoms. The first-order valence-corrected chi connectivity index (χ1v) is 1.84. The van der Waals surface area contributed by atoms with Gasteiger partial charge < -0.3 is 45.0 Å². The first-order chi connectivity index (χ1) is 5.20. The van der Waals surface area contributed by atoms with E-state index in [0.29, 0.717) is 0 Å². The van der Waals surface area contributed by atoms with Gasteiger partial charge in [0.1, 0.15) is 0 Å². The minimum atomic E-state index is -2.33. The molecule has 0 unspecified atom stereocenters. The van der Waals surface area contributed by atoms with Crippen LogP contribution in [0.1, 0.15) is 0 Å². The molecule has 0 aromatic heterocycles. The molecule has 0 N–H and O–H groups in total. The fraction of sp³-hybridized carbons (Fsp3) is 0. The minimum Gasteiger partial charge on any atom is -0.652 e. The van der Waals surface area contributed by atoms with Crippen LogP contribution in [0.5, 0.6) is 0 Å². The van der Waals surface area contributed by atoms with Crippen molar-refractivity contribution in [2.75, 3.05) is 0 Å². The predicted octanol–water partition coefficient (Wildman–Crippen LogP) is -8.10. The van der Waals surface area contributed by atoms with E-state index < -0.39 is 18.5 Å². The van der Waals surface area contributed by atoms with Gasteiger partial charge in [-0.3, -0.25) is 0 Å². The van der Waals surface area contributed by atoms with Crippen LogP contribution in [0.3, 0.4) is 0 Å². The summed E-state index contributed by atoms with van der Waals surface area (Å²) >= 11 is 0. The maximum absolute atomic E-state index is 8.33. The van der Waals surface area contributed by atoms with Crippen LogP contribution >= 0.6 is 0 Å². The monoisotopic (exact) mass is 324 g/mol. The summed E-state index contributed by atoms with van der Waals surface area (Å²) in [6.07, 6.45) is -7.00. The molecule has 0 aromatic rings. The van der Waals surface area contributed by atoms with E-state index in [0.717, 1.165) is 0 Å². The van der Waals surface area contributed by atoms with Crippen molar-refractivity contribution >= 4 is 65.4 Å². The van der Waals surface area contributed by atoms with Crippen LogP contribution in [-0.4, -0.2) is 65.4 Å². The Morgan fingerprint density at radius 3 is 0.571 bits per heavy atom. The quantitative estimate of drug-likeness (QED) is 0.389. The maximum Gasteiger partial charge on any atom is 4.00 e. The summed E-state index contributed by atoms with van der Waals surface area (Å²) in [6, 6.07) is 0. The Bertz CT molecular complexity index is 118. The van der Waals surface area contributed by atoms with Crippen molar-refractivity contribution in [1.82, 2.24) is 0 Å². The second-order valence-corrected chi connectivity index (χ2v) is 0.750.